The van der Waals surface area contributed by atoms with Crippen molar-refractivity contribution in [2.45, 2.75) is 39.3 Å². The number of nitrogens with zero attached hydrogens (tertiary/aromatic N) is 3. The standard InChI is InChI=1S/C24H34N4O3/c1-3-25-24(28-14-12-22(13-15-28)29-4-2)27-19-20-10-11-23(26-18-20)31-17-16-30-21-8-6-5-7-9-21/h5-11,18,22H,3-4,12-17,19H2,1-2H3,(H,25,27). The van der Waals surface area contributed by atoms with Gasteiger partial charge in [-0.25, -0.2) is 9.98 Å². The van der Waals surface area contributed by atoms with Gasteiger partial charge in [-0.2, -0.15) is 0 Å². The van der Waals surface area contributed by atoms with Gasteiger partial charge in [-0.05, 0) is 44.4 Å². The molecule has 1 aliphatic heterocycles. The Kier molecular flexibility index (Phi) is 9.44. The topological polar surface area (TPSA) is 68.2 Å². The smallest absolute Gasteiger partial charge is 0.213 e. The molecule has 0 atom stereocenters. The maximum absolute atomic E-state index is 5.75. The number of likely N-dealkylation sites (tertiary alicyclic amines) is 1. The zero-order valence-corrected chi connectivity index (χ0v) is 18.6. The monoisotopic (exact) mass is 426 g/mol. The molecule has 0 spiro atoms. The van der Waals surface area contributed by atoms with Crippen molar-refractivity contribution in [1.29, 1.82) is 0 Å². The van der Waals surface area contributed by atoms with Gasteiger partial charge in [-0.3, -0.25) is 0 Å². The number of hydrogen-bond acceptors (Lipinski definition) is 5. The normalized spacial score (nSPS) is 15.0. The van der Waals surface area contributed by atoms with Gasteiger partial charge in [0.05, 0.1) is 12.6 Å². The van der Waals surface area contributed by atoms with Crippen LogP contribution >= 0.6 is 0 Å². The minimum atomic E-state index is 0.374. The van der Waals surface area contributed by atoms with E-state index in [0.29, 0.717) is 31.7 Å². The molecule has 2 heterocycles. The van der Waals surface area contributed by atoms with Gasteiger partial charge in [0.1, 0.15) is 19.0 Å². The molecule has 1 aliphatic rings. The molecule has 168 valence electrons. The van der Waals surface area contributed by atoms with Gasteiger partial charge >= 0.3 is 0 Å². The van der Waals surface area contributed by atoms with Crippen LogP contribution in [0.25, 0.3) is 0 Å². The van der Waals surface area contributed by atoms with Crippen LogP contribution in [-0.4, -0.2) is 61.4 Å². The lowest BCUT2D eigenvalue weighted by molar-refractivity contribution is 0.0263. The van der Waals surface area contributed by atoms with E-state index in [-0.39, 0.29) is 0 Å². The molecule has 1 fully saturated rings. The summed E-state index contributed by atoms with van der Waals surface area (Å²) in [6.45, 7) is 9.22. The second-order valence-electron chi connectivity index (χ2n) is 7.33. The second-order valence-corrected chi connectivity index (χ2v) is 7.33. The molecule has 0 radical (unpaired) electrons. The summed E-state index contributed by atoms with van der Waals surface area (Å²) < 4.78 is 17.0. The van der Waals surface area contributed by atoms with Gasteiger partial charge in [0, 0.05) is 38.5 Å². The molecule has 1 aromatic carbocycles. The molecule has 0 bridgehead atoms. The van der Waals surface area contributed by atoms with Crippen LogP contribution < -0.4 is 14.8 Å². The molecule has 0 saturated carbocycles. The Morgan fingerprint density at radius 1 is 1.06 bits per heavy atom. The average molecular weight is 427 g/mol. The summed E-state index contributed by atoms with van der Waals surface area (Å²) in [6, 6.07) is 13.6. The fraction of sp³-hybridized carbons (Fsp3) is 0.500. The van der Waals surface area contributed by atoms with Crippen LogP contribution in [0.15, 0.2) is 53.7 Å². The number of pyridine rings is 1. The summed E-state index contributed by atoms with van der Waals surface area (Å²) >= 11 is 0. The average Bonchev–Trinajstić information content (AvgIpc) is 2.82. The molecule has 3 rings (SSSR count). The van der Waals surface area contributed by atoms with Crippen LogP contribution in [-0.2, 0) is 11.3 Å². The zero-order chi connectivity index (χ0) is 21.7. The van der Waals surface area contributed by atoms with Crippen molar-refractivity contribution in [1.82, 2.24) is 15.2 Å². The van der Waals surface area contributed by atoms with Gasteiger partial charge in [0.15, 0.2) is 5.96 Å². The Bertz CT molecular complexity index is 775. The van der Waals surface area contributed by atoms with E-state index >= 15 is 0 Å². The van der Waals surface area contributed by atoms with Gasteiger partial charge in [-0.15, -0.1) is 0 Å². The van der Waals surface area contributed by atoms with E-state index in [1.165, 1.54) is 0 Å². The van der Waals surface area contributed by atoms with Crippen LogP contribution in [0, 0.1) is 0 Å². The van der Waals surface area contributed by atoms with Crippen molar-refractivity contribution in [3.8, 4) is 11.6 Å². The Balaban J connectivity index is 1.44. The third kappa shape index (κ3) is 7.75. The minimum absolute atomic E-state index is 0.374. The molecular weight excluding hydrogens is 392 g/mol. The fourth-order valence-electron chi connectivity index (χ4n) is 3.47. The second kappa shape index (κ2) is 12.8. The van der Waals surface area contributed by atoms with E-state index in [9.17, 15) is 0 Å². The van der Waals surface area contributed by atoms with Gasteiger partial charge < -0.3 is 24.4 Å². The minimum Gasteiger partial charge on any atom is -0.490 e. The van der Waals surface area contributed by atoms with Crippen molar-refractivity contribution in [3.63, 3.8) is 0 Å². The van der Waals surface area contributed by atoms with E-state index < -0.39 is 0 Å². The number of aliphatic imine (C=N–C) groups is 1. The number of para-hydroxylation sites is 1. The van der Waals surface area contributed by atoms with Gasteiger partial charge in [0.2, 0.25) is 5.88 Å². The lowest BCUT2D eigenvalue weighted by Crippen LogP contribution is -2.47. The third-order valence-electron chi connectivity index (χ3n) is 5.03. The molecule has 2 aromatic rings. The highest BCUT2D eigenvalue weighted by Gasteiger charge is 2.21. The van der Waals surface area contributed by atoms with Crippen molar-refractivity contribution >= 4 is 5.96 Å². The first-order valence-corrected chi connectivity index (χ1v) is 11.2. The molecule has 0 unspecified atom stereocenters. The number of hydrogen-bond donors (Lipinski definition) is 1. The van der Waals surface area contributed by atoms with Gasteiger partial charge in [0.25, 0.3) is 0 Å². The molecule has 1 aromatic heterocycles. The Morgan fingerprint density at radius 2 is 1.84 bits per heavy atom. The Labute approximate surface area is 185 Å². The first kappa shape index (κ1) is 22.9. The Hall–Kier alpha value is -2.80. The van der Waals surface area contributed by atoms with Crippen molar-refractivity contribution < 1.29 is 14.2 Å². The highest BCUT2D eigenvalue weighted by Crippen LogP contribution is 2.15. The number of nitrogens with one attached hydrogen (secondary N) is 1. The van der Waals surface area contributed by atoms with Crippen LogP contribution in [0.2, 0.25) is 0 Å². The summed E-state index contributed by atoms with van der Waals surface area (Å²) in [5.41, 5.74) is 1.05. The number of ether oxygens (including phenoxy) is 3. The SMILES string of the molecule is CCNC(=NCc1ccc(OCCOc2ccccc2)nc1)N1CCC(OCC)CC1. The third-order valence-corrected chi connectivity index (χ3v) is 5.03. The van der Waals surface area contributed by atoms with Crippen LogP contribution in [0.5, 0.6) is 11.6 Å². The summed E-state index contributed by atoms with van der Waals surface area (Å²) in [7, 11) is 0. The van der Waals surface area contributed by atoms with Crippen LogP contribution in [0.3, 0.4) is 0 Å². The molecule has 1 saturated heterocycles. The predicted octanol–water partition coefficient (Wildman–Crippen LogP) is 3.51. The number of aromatic nitrogens is 1. The van der Waals surface area contributed by atoms with Crippen LogP contribution in [0.4, 0.5) is 0 Å². The number of piperidine rings is 1. The fourth-order valence-corrected chi connectivity index (χ4v) is 3.47. The number of guanidine groups is 1. The largest absolute Gasteiger partial charge is 0.490 e. The molecule has 0 amide bonds. The summed E-state index contributed by atoms with van der Waals surface area (Å²) in [5, 5.41) is 3.40. The quantitative estimate of drug-likeness (QED) is 0.356. The molecule has 1 N–H and O–H groups in total. The van der Waals surface area contributed by atoms with Gasteiger partial charge in [-0.1, -0.05) is 24.3 Å². The van der Waals surface area contributed by atoms with Crippen molar-refractivity contribution in [3.05, 3.63) is 54.2 Å². The molecular formula is C24H34N4O3. The number of rotatable bonds is 10. The number of benzene rings is 1. The van der Waals surface area contributed by atoms with E-state index in [2.05, 4.69) is 29.0 Å². The van der Waals surface area contributed by atoms with E-state index in [0.717, 1.165) is 56.4 Å². The van der Waals surface area contributed by atoms with E-state index in [1.807, 2.05) is 48.7 Å². The van der Waals surface area contributed by atoms with Crippen molar-refractivity contribution in [2.24, 2.45) is 4.99 Å². The lowest BCUT2D eigenvalue weighted by Gasteiger charge is -2.34. The summed E-state index contributed by atoms with van der Waals surface area (Å²) in [5.74, 6) is 2.39. The maximum Gasteiger partial charge on any atom is 0.213 e. The summed E-state index contributed by atoms with van der Waals surface area (Å²) in [6.07, 6.45) is 4.28. The van der Waals surface area contributed by atoms with Crippen LogP contribution in [0.1, 0.15) is 32.3 Å². The first-order valence-electron chi connectivity index (χ1n) is 11.2. The Morgan fingerprint density at radius 3 is 2.52 bits per heavy atom. The first-order chi connectivity index (χ1) is 15.3. The van der Waals surface area contributed by atoms with Crippen molar-refractivity contribution in [2.75, 3.05) is 39.5 Å². The molecule has 31 heavy (non-hydrogen) atoms. The van der Waals surface area contributed by atoms with E-state index in [4.69, 9.17) is 19.2 Å². The van der Waals surface area contributed by atoms with E-state index in [1.54, 1.807) is 0 Å². The molecule has 7 heteroatoms. The summed E-state index contributed by atoms with van der Waals surface area (Å²) in [4.78, 5) is 11.5. The predicted molar refractivity (Wildman–Crippen MR) is 123 cm³/mol. The molecule has 0 aliphatic carbocycles. The lowest BCUT2D eigenvalue weighted by atomic mass is 10.1. The highest BCUT2D eigenvalue weighted by atomic mass is 16.5. The molecule has 7 nitrogen and oxygen atoms in total. The maximum atomic E-state index is 5.75. The zero-order valence-electron chi connectivity index (χ0n) is 18.6. The highest BCUT2D eigenvalue weighted by molar-refractivity contribution is 5.80.